The standard InChI is InChI=1S/C73H76Cl3N9O23S2.CH4/c1-26(2)14-27(3)64(95)84-55-57(90)30-7-11-43(37(75)16-30)104-45-18-32-19-46(61(45)108-71-62(107-50-24-73(5,78)63(94)28(4)103-50)60(93)59(92)47(106-71)25-109-72-80-39-20-33(74)9-13-48(39)110-72)105-44-12-8-31(17-38(44)76)58(91)56-69(100)83-54(70(101)102)36-21-34(86)22-42(88)51(36)35-15-29(6-10-41(35)87)52(66(97)85-56)82-67(98)53(32)81-65(96)40(23-49(77)89)79-68(55)99;/h6-13,15-22,26-28,40,47,50,52-60,62-63,71,86-88,90-94H,14,23-25,78H2,1-5H3,(H2,77,89)(H,79,99)(H,81,96)(H,82,98)(H,83,100)(H,84,95)(H,85,97)(H,101,102);1H4/t27-,28?,40-,47?,50?,52?,53+,54+,55+,56-,57+,58+,59?,60?,62?,63?,71?,73?;/m0./s1. The van der Waals surface area contributed by atoms with Crippen LogP contribution in [0, 0.1) is 11.8 Å². The van der Waals surface area contributed by atoms with E-state index in [-0.39, 0.29) is 58.7 Å². The molecule has 0 spiro atoms. The second-order valence-electron chi connectivity index (χ2n) is 28.0. The molecule has 8 heterocycles. The minimum Gasteiger partial charge on any atom is -0.508 e. The molecule has 7 aromatic rings. The number of aliphatic hydroxyl groups is 5. The predicted molar refractivity (Wildman–Crippen MR) is 401 cm³/mol. The lowest BCUT2D eigenvalue weighted by atomic mass is 9.86. The third-order valence-corrected chi connectivity index (χ3v) is 22.3. The Bertz CT molecular complexity index is 4810. The van der Waals surface area contributed by atoms with Gasteiger partial charge >= 0.3 is 5.97 Å². The summed E-state index contributed by atoms with van der Waals surface area (Å²) in [5.41, 5.74) is 8.81. The van der Waals surface area contributed by atoms with Gasteiger partial charge in [-0.25, -0.2) is 9.78 Å². The van der Waals surface area contributed by atoms with Gasteiger partial charge in [-0.1, -0.05) is 93.0 Å². The molecule has 11 bridgehead atoms. The summed E-state index contributed by atoms with van der Waals surface area (Å²) in [4.78, 5) is 122. The van der Waals surface area contributed by atoms with Crippen LogP contribution in [0.5, 0.6) is 46.0 Å². The highest BCUT2D eigenvalue weighted by Crippen LogP contribution is 2.50. The smallest absolute Gasteiger partial charge is 0.330 e. The average Bonchev–Trinajstić information content (AvgIpc) is 1.19. The van der Waals surface area contributed by atoms with E-state index >= 15 is 14.4 Å². The van der Waals surface area contributed by atoms with E-state index in [9.17, 15) is 69.9 Å². The lowest BCUT2D eigenvalue weighted by Crippen LogP contribution is -2.64. The summed E-state index contributed by atoms with van der Waals surface area (Å²) in [5.74, 6) is -16.5. The Balaban J connectivity index is 0.0000122. The highest BCUT2D eigenvalue weighted by Gasteiger charge is 2.52. The number of carbonyl (C=O) groups is 8. The van der Waals surface area contributed by atoms with Gasteiger partial charge in [-0.3, -0.25) is 33.6 Å². The molecule has 2 saturated heterocycles. The predicted octanol–water partition coefficient (Wildman–Crippen LogP) is 5.85. The summed E-state index contributed by atoms with van der Waals surface area (Å²) in [7, 11) is 0. The van der Waals surface area contributed by atoms with Crippen LogP contribution in [0.1, 0.15) is 119 Å². The lowest BCUT2D eigenvalue weighted by molar-refractivity contribution is -0.329. The number of aliphatic hydroxyl groups excluding tert-OH is 5. The molecule has 1 aromatic heterocycles. The van der Waals surface area contributed by atoms with Crippen LogP contribution in [-0.4, -0.2) is 177 Å². The molecular weight excluding hydrogens is 1550 g/mol. The molecule has 592 valence electrons. The molecule has 0 saturated carbocycles. The SMILES string of the molecule is C.CC(C)C[C@H](C)C(=O)N[C@H]1C(=O)N[C@@H](CC(N)=O)C(=O)N[C@H]2C(=O)NC3C(=O)N[C@H](C(=O)N[C@@H](C(=O)O)c4cc(O)cc(O)c4-c4cc3ccc4O)[C@H](O)c3ccc(c(Cl)c3)Oc3cc2cc(c3OC2OC(CSc3nc4cc(Cl)ccc4s3)C(O)C(O)C2OC2CC(C)(N)C(O)C(C)O2)Oc2ccc(cc2Cl)[C@H]1O. The van der Waals surface area contributed by atoms with Gasteiger partial charge in [0.2, 0.25) is 53.4 Å². The van der Waals surface area contributed by atoms with E-state index < -0.39 is 225 Å². The maximum absolute atomic E-state index is 16.2. The fourth-order valence-corrected chi connectivity index (χ4v) is 16.4. The summed E-state index contributed by atoms with van der Waals surface area (Å²) in [6.07, 6.45) is -17.9. The Morgan fingerprint density at radius 2 is 1.35 bits per heavy atom. The number of carboxylic acid groups (broad SMARTS) is 1. The summed E-state index contributed by atoms with van der Waals surface area (Å²) >= 11 is 23.0. The molecule has 6 aromatic carbocycles. The van der Waals surface area contributed by atoms with Gasteiger partial charge in [-0.05, 0) is 121 Å². The maximum atomic E-state index is 16.2. The highest BCUT2D eigenvalue weighted by molar-refractivity contribution is 8.01. The van der Waals surface area contributed by atoms with Crippen molar-refractivity contribution in [2.75, 3.05) is 5.75 Å². The van der Waals surface area contributed by atoms with Crippen LogP contribution in [0.2, 0.25) is 15.1 Å². The molecule has 111 heavy (non-hydrogen) atoms. The van der Waals surface area contributed by atoms with Crippen molar-refractivity contribution in [3.63, 3.8) is 0 Å². The molecule has 19 N–H and O–H groups in total. The Labute approximate surface area is 656 Å². The van der Waals surface area contributed by atoms with Crippen LogP contribution in [0.15, 0.2) is 101 Å². The molecule has 7 aliphatic rings. The molecule has 14 rings (SSSR count). The van der Waals surface area contributed by atoms with Crippen molar-refractivity contribution in [2.24, 2.45) is 23.3 Å². The number of aromatic nitrogens is 1. The number of nitrogens with two attached hydrogens (primary N) is 2. The van der Waals surface area contributed by atoms with Crippen molar-refractivity contribution in [1.82, 2.24) is 36.9 Å². The number of rotatable bonds is 14. The van der Waals surface area contributed by atoms with Gasteiger partial charge in [0.25, 0.3) is 0 Å². The van der Waals surface area contributed by atoms with Crippen LogP contribution in [0.3, 0.4) is 0 Å². The Morgan fingerprint density at radius 1 is 0.721 bits per heavy atom. The van der Waals surface area contributed by atoms with E-state index in [2.05, 4.69) is 36.9 Å². The Morgan fingerprint density at radius 3 is 1.98 bits per heavy atom. The quantitative estimate of drug-likeness (QED) is 0.0567. The van der Waals surface area contributed by atoms with Crippen molar-refractivity contribution in [2.45, 2.75) is 169 Å². The first-order chi connectivity index (χ1) is 52.0. The number of phenolic OH excluding ortho intramolecular Hbond substituents is 3. The number of thiazole rings is 1. The van der Waals surface area contributed by atoms with E-state index in [1.54, 1.807) is 25.1 Å². The van der Waals surface area contributed by atoms with Crippen molar-refractivity contribution >= 4 is 115 Å². The number of ether oxygens (including phenoxy) is 6. The highest BCUT2D eigenvalue weighted by atomic mass is 35.5. The Hall–Kier alpha value is -9.37. The van der Waals surface area contributed by atoms with Gasteiger partial charge in [0.1, 0.15) is 83.4 Å². The number of halogens is 3. The van der Waals surface area contributed by atoms with Crippen LogP contribution in [-0.2, 0) is 52.6 Å². The second-order valence-corrected chi connectivity index (χ2v) is 31.5. The van der Waals surface area contributed by atoms with E-state index in [0.29, 0.717) is 21.3 Å². The van der Waals surface area contributed by atoms with E-state index in [4.69, 9.17) is 74.7 Å². The van der Waals surface area contributed by atoms with Crippen LogP contribution >= 0.6 is 57.9 Å². The number of hydrogen-bond donors (Lipinski definition) is 17. The van der Waals surface area contributed by atoms with E-state index in [0.717, 1.165) is 77.1 Å². The first-order valence-corrected chi connectivity index (χ1v) is 37.3. The first-order valence-electron chi connectivity index (χ1n) is 34.4. The van der Waals surface area contributed by atoms with Crippen molar-refractivity contribution in [3.05, 3.63) is 140 Å². The number of aliphatic carboxylic acids is 1. The number of carboxylic acids is 1. The molecule has 18 atom stereocenters. The molecule has 0 aliphatic carbocycles. The zero-order valence-electron chi connectivity index (χ0n) is 58.8. The van der Waals surface area contributed by atoms with Crippen LogP contribution < -0.4 is 57.6 Å². The number of carbonyl (C=O) groups excluding carboxylic acids is 7. The van der Waals surface area contributed by atoms with Crippen molar-refractivity contribution in [1.29, 1.82) is 0 Å². The van der Waals surface area contributed by atoms with Crippen molar-refractivity contribution in [3.8, 4) is 57.1 Å². The molecule has 32 nitrogen and oxygen atoms in total. The molecule has 0 radical (unpaired) electrons. The van der Waals surface area contributed by atoms with Gasteiger partial charge in [0, 0.05) is 51.4 Å². The van der Waals surface area contributed by atoms with Crippen molar-refractivity contribution < 1.29 is 113 Å². The average molecular weight is 1630 g/mol. The topological polar surface area (TPSA) is 511 Å². The largest absolute Gasteiger partial charge is 0.508 e. The van der Waals surface area contributed by atoms with Gasteiger partial charge in [-0.2, -0.15) is 0 Å². The number of fused-ring (bicyclic) bond motifs is 16. The number of nitrogens with one attached hydrogen (secondary N) is 6. The van der Waals surface area contributed by atoms with Gasteiger partial charge in [0.15, 0.2) is 34.3 Å². The monoisotopic (exact) mass is 1630 g/mol. The summed E-state index contributed by atoms with van der Waals surface area (Å²) in [6, 6.07) is 5.80. The van der Waals surface area contributed by atoms with Gasteiger partial charge in [-0.15, -0.1) is 11.3 Å². The minimum absolute atomic E-state index is 0. The van der Waals surface area contributed by atoms with E-state index in [1.807, 2.05) is 13.8 Å². The lowest BCUT2D eigenvalue weighted by Gasteiger charge is -2.47. The number of nitrogens with zero attached hydrogens (tertiary/aromatic N) is 1. The maximum Gasteiger partial charge on any atom is 0.330 e. The minimum atomic E-state index is -2.34. The molecule has 37 heteroatoms. The molecule has 7 amide bonds. The number of primary amides is 1. The second kappa shape index (κ2) is 33.5. The van der Waals surface area contributed by atoms with Crippen LogP contribution in [0.25, 0.3) is 21.3 Å². The summed E-state index contributed by atoms with van der Waals surface area (Å²) in [5, 5.41) is 120. The molecule has 2 fully saturated rings. The number of phenols is 3. The number of amides is 7. The number of aromatic hydroxyl groups is 3. The molecule has 7 aliphatic heterocycles. The fraction of sp³-hybridized carbons (Fsp3) is 0.392. The number of thioether (sulfide) groups is 1. The van der Waals surface area contributed by atoms with Gasteiger partial charge in [0.05, 0.1) is 45.0 Å². The van der Waals surface area contributed by atoms with Gasteiger partial charge < -0.3 is 118 Å². The molecule has 10 unspecified atom stereocenters. The summed E-state index contributed by atoms with van der Waals surface area (Å²) in [6.45, 7) is 8.31. The Kier molecular flexibility index (Phi) is 24.9. The number of hydrogen-bond acceptors (Lipinski definition) is 26. The fourth-order valence-electron chi connectivity index (χ4n) is 13.6. The van der Waals surface area contributed by atoms with E-state index in [1.165, 1.54) is 43.4 Å². The normalized spacial score (nSPS) is 27.8. The van der Waals surface area contributed by atoms with Crippen LogP contribution in [0.4, 0.5) is 0 Å². The zero-order valence-corrected chi connectivity index (χ0v) is 62.7. The number of benzene rings is 6. The summed E-state index contributed by atoms with van der Waals surface area (Å²) < 4.78 is 41.0. The first kappa shape index (κ1) is 82.6. The third-order valence-electron chi connectivity index (χ3n) is 19.2. The zero-order chi connectivity index (χ0) is 79.4. The molecular formula is C74H80Cl3N9O23S2. The third kappa shape index (κ3) is 17.8.